The Bertz CT molecular complexity index is 564. The number of amides is 1. The topological polar surface area (TPSA) is 107 Å². The van der Waals surface area contributed by atoms with E-state index in [0.29, 0.717) is 22.3 Å². The maximum absolute atomic E-state index is 12.1. The number of ether oxygens (including phenoxy) is 1. The Morgan fingerprint density at radius 1 is 1.55 bits per heavy atom. The Morgan fingerprint density at radius 3 is 2.80 bits per heavy atom. The Balaban J connectivity index is 2.22. The lowest BCUT2D eigenvalue weighted by Gasteiger charge is -2.14. The fourth-order valence-electron chi connectivity index (χ4n) is 2.02. The number of nitro benzene ring substituents is 1. The van der Waals surface area contributed by atoms with E-state index in [9.17, 15) is 14.9 Å². The summed E-state index contributed by atoms with van der Waals surface area (Å²) in [4.78, 5) is 22.5. The summed E-state index contributed by atoms with van der Waals surface area (Å²) in [5.74, 6) is -0.740. The highest BCUT2D eigenvalue weighted by molar-refractivity contribution is 9.10. The zero-order valence-corrected chi connectivity index (χ0v) is 12.3. The minimum atomic E-state index is -0.484. The van der Waals surface area contributed by atoms with E-state index in [2.05, 4.69) is 21.2 Å². The van der Waals surface area contributed by atoms with Crippen LogP contribution in [0.4, 0.5) is 11.4 Å². The lowest BCUT2D eigenvalue weighted by molar-refractivity contribution is -0.385. The van der Waals surface area contributed by atoms with Crippen molar-refractivity contribution in [1.82, 2.24) is 0 Å². The molecule has 20 heavy (non-hydrogen) atoms. The maximum atomic E-state index is 12.1. The molecule has 108 valence electrons. The molecular weight excluding hydrogens is 330 g/mol. The van der Waals surface area contributed by atoms with Gasteiger partial charge in [0.2, 0.25) is 5.91 Å². The van der Waals surface area contributed by atoms with Crippen LogP contribution in [0.3, 0.4) is 0 Å². The largest absolute Gasteiger partial charge is 0.379 e. The molecule has 1 amide bonds. The number of rotatable bonds is 3. The highest BCUT2D eigenvalue weighted by Crippen LogP contribution is 2.31. The fraction of sp³-hybridized carbons (Fsp3) is 0.417. The highest BCUT2D eigenvalue weighted by Gasteiger charge is 2.31. The van der Waals surface area contributed by atoms with Crippen molar-refractivity contribution in [1.29, 1.82) is 0 Å². The predicted octanol–water partition coefficient (Wildman–Crippen LogP) is 1.58. The van der Waals surface area contributed by atoms with Crippen LogP contribution in [-0.2, 0) is 9.53 Å². The second-order valence-electron chi connectivity index (χ2n) is 4.67. The summed E-state index contributed by atoms with van der Waals surface area (Å²) in [5, 5.41) is 13.6. The third-order valence-corrected chi connectivity index (χ3v) is 3.86. The molecule has 1 aromatic carbocycles. The van der Waals surface area contributed by atoms with Crippen LogP contribution in [0.5, 0.6) is 0 Å². The number of carbonyl (C=O) groups is 1. The predicted molar refractivity (Wildman–Crippen MR) is 76.4 cm³/mol. The van der Waals surface area contributed by atoms with Crippen LogP contribution in [0.1, 0.15) is 5.56 Å². The summed E-state index contributed by atoms with van der Waals surface area (Å²) in [5.41, 5.74) is 6.59. The Hall–Kier alpha value is -1.51. The number of halogens is 1. The van der Waals surface area contributed by atoms with Crippen LogP contribution < -0.4 is 11.1 Å². The molecule has 1 aliphatic rings. The lowest BCUT2D eigenvalue weighted by atomic mass is 10.0. The van der Waals surface area contributed by atoms with E-state index < -0.39 is 10.8 Å². The molecule has 1 heterocycles. The van der Waals surface area contributed by atoms with Gasteiger partial charge in [-0.25, -0.2) is 0 Å². The second kappa shape index (κ2) is 5.86. The van der Waals surface area contributed by atoms with Crippen LogP contribution in [0, 0.1) is 23.0 Å². The first kappa shape index (κ1) is 14.9. The van der Waals surface area contributed by atoms with Crippen LogP contribution in [-0.4, -0.2) is 30.1 Å². The van der Waals surface area contributed by atoms with E-state index >= 15 is 0 Å². The Morgan fingerprint density at radius 2 is 2.25 bits per heavy atom. The molecule has 3 N–H and O–H groups in total. The molecule has 2 unspecified atom stereocenters. The first-order valence-electron chi connectivity index (χ1n) is 5.99. The summed E-state index contributed by atoms with van der Waals surface area (Å²) in [6.07, 6.45) is 0. The first-order valence-corrected chi connectivity index (χ1v) is 6.78. The van der Waals surface area contributed by atoms with Crippen LogP contribution >= 0.6 is 15.9 Å². The van der Waals surface area contributed by atoms with Crippen molar-refractivity contribution in [3.63, 3.8) is 0 Å². The van der Waals surface area contributed by atoms with Gasteiger partial charge in [0.25, 0.3) is 5.69 Å². The van der Waals surface area contributed by atoms with Gasteiger partial charge in [0, 0.05) is 22.1 Å². The van der Waals surface area contributed by atoms with Crippen molar-refractivity contribution < 1.29 is 14.5 Å². The molecule has 1 saturated heterocycles. The van der Waals surface area contributed by atoms with E-state index in [1.54, 1.807) is 13.0 Å². The third-order valence-electron chi connectivity index (χ3n) is 3.20. The maximum Gasteiger partial charge on any atom is 0.274 e. The van der Waals surface area contributed by atoms with Gasteiger partial charge in [0.05, 0.1) is 29.7 Å². The molecule has 2 atom stereocenters. The summed E-state index contributed by atoms with van der Waals surface area (Å²) >= 11 is 3.28. The lowest BCUT2D eigenvalue weighted by Crippen LogP contribution is -2.37. The van der Waals surface area contributed by atoms with Gasteiger partial charge >= 0.3 is 0 Å². The summed E-state index contributed by atoms with van der Waals surface area (Å²) < 4.78 is 5.72. The summed E-state index contributed by atoms with van der Waals surface area (Å²) in [6.45, 7) is 2.24. The molecule has 0 aromatic heterocycles. The summed E-state index contributed by atoms with van der Waals surface area (Å²) in [6, 6.07) is 2.58. The number of aryl methyl sites for hydroxylation is 1. The van der Waals surface area contributed by atoms with Gasteiger partial charge in [-0.1, -0.05) is 0 Å². The molecule has 0 radical (unpaired) electrons. The Labute approximate surface area is 123 Å². The fourth-order valence-corrected chi connectivity index (χ4v) is 2.58. The molecule has 8 heteroatoms. The zero-order chi connectivity index (χ0) is 14.9. The van der Waals surface area contributed by atoms with Gasteiger partial charge in [0.15, 0.2) is 0 Å². The van der Waals surface area contributed by atoms with E-state index in [4.69, 9.17) is 10.5 Å². The first-order chi connectivity index (χ1) is 9.40. The van der Waals surface area contributed by atoms with E-state index in [1.165, 1.54) is 6.07 Å². The van der Waals surface area contributed by atoms with Gasteiger partial charge in [-0.05, 0) is 28.9 Å². The average Bonchev–Trinajstić information content (AvgIpc) is 2.78. The number of anilines is 1. The Kier molecular flexibility index (Phi) is 4.36. The standard InChI is InChI=1S/C12H14BrN3O4/c1-6-2-8(13)10(3-11(6)16(18)19)15-12(17)7-4-20-5-9(7)14/h2-3,7,9H,4-5,14H2,1H3,(H,15,17). The smallest absolute Gasteiger partial charge is 0.274 e. The van der Waals surface area contributed by atoms with Crippen molar-refractivity contribution in [3.05, 3.63) is 32.3 Å². The monoisotopic (exact) mass is 343 g/mol. The molecule has 0 aliphatic carbocycles. The highest BCUT2D eigenvalue weighted by atomic mass is 79.9. The molecule has 1 fully saturated rings. The molecular formula is C12H14BrN3O4. The van der Waals surface area contributed by atoms with Crippen LogP contribution in [0.2, 0.25) is 0 Å². The van der Waals surface area contributed by atoms with Gasteiger partial charge in [-0.3, -0.25) is 14.9 Å². The van der Waals surface area contributed by atoms with Gasteiger partial charge in [-0.2, -0.15) is 0 Å². The summed E-state index contributed by atoms with van der Waals surface area (Å²) in [7, 11) is 0. The van der Waals surface area contributed by atoms with Gasteiger partial charge < -0.3 is 15.8 Å². The number of nitrogens with zero attached hydrogens (tertiary/aromatic N) is 1. The van der Waals surface area contributed by atoms with Gasteiger partial charge in [0.1, 0.15) is 0 Å². The molecule has 2 rings (SSSR count). The minimum absolute atomic E-state index is 0.0459. The van der Waals surface area contributed by atoms with Crippen molar-refractivity contribution in [2.75, 3.05) is 18.5 Å². The van der Waals surface area contributed by atoms with Crippen molar-refractivity contribution in [2.24, 2.45) is 11.7 Å². The molecule has 7 nitrogen and oxygen atoms in total. The zero-order valence-electron chi connectivity index (χ0n) is 10.8. The average molecular weight is 344 g/mol. The van der Waals surface area contributed by atoms with E-state index in [0.717, 1.165) is 0 Å². The number of nitro groups is 1. The number of hydrogen-bond acceptors (Lipinski definition) is 5. The molecule has 1 aliphatic heterocycles. The minimum Gasteiger partial charge on any atom is -0.379 e. The molecule has 0 saturated carbocycles. The SMILES string of the molecule is Cc1cc(Br)c(NC(=O)C2COCC2N)cc1[N+](=O)[O-]. The third kappa shape index (κ3) is 2.97. The van der Waals surface area contributed by atoms with E-state index in [-0.39, 0.29) is 24.2 Å². The quantitative estimate of drug-likeness (QED) is 0.639. The number of benzene rings is 1. The molecule has 0 bridgehead atoms. The van der Waals surface area contributed by atoms with E-state index in [1.807, 2.05) is 0 Å². The second-order valence-corrected chi connectivity index (χ2v) is 5.53. The van der Waals surface area contributed by atoms with Gasteiger partial charge in [-0.15, -0.1) is 0 Å². The molecule has 1 aromatic rings. The number of nitrogens with one attached hydrogen (secondary N) is 1. The van der Waals surface area contributed by atoms with Crippen LogP contribution in [0.25, 0.3) is 0 Å². The normalized spacial score (nSPS) is 21.8. The van der Waals surface area contributed by atoms with Crippen molar-refractivity contribution >= 4 is 33.2 Å². The van der Waals surface area contributed by atoms with Crippen molar-refractivity contribution in [3.8, 4) is 0 Å². The molecule has 0 spiro atoms. The number of nitrogens with two attached hydrogens (primary N) is 1. The van der Waals surface area contributed by atoms with Crippen molar-refractivity contribution in [2.45, 2.75) is 13.0 Å². The van der Waals surface area contributed by atoms with Crippen LogP contribution in [0.15, 0.2) is 16.6 Å². The number of carbonyl (C=O) groups excluding carboxylic acids is 1. The number of hydrogen-bond donors (Lipinski definition) is 2.